The third kappa shape index (κ3) is 3.30. The zero-order valence-corrected chi connectivity index (χ0v) is 15.0. The summed E-state index contributed by atoms with van der Waals surface area (Å²) in [5, 5.41) is 2.32. The smallest absolute Gasteiger partial charge is 0.255 e. The van der Waals surface area contributed by atoms with Crippen LogP contribution in [-0.4, -0.2) is 28.7 Å². The molecule has 0 aromatic heterocycles. The van der Waals surface area contributed by atoms with Crippen molar-refractivity contribution in [3.05, 3.63) is 64.7 Å². The molecule has 1 unspecified atom stereocenters. The van der Waals surface area contributed by atoms with Crippen LogP contribution >= 0.6 is 0 Å². The molecule has 1 saturated heterocycles. The van der Waals surface area contributed by atoms with Crippen molar-refractivity contribution in [2.24, 2.45) is 0 Å². The van der Waals surface area contributed by atoms with E-state index in [4.69, 9.17) is 4.74 Å². The van der Waals surface area contributed by atoms with E-state index in [1.807, 2.05) is 43.3 Å². The predicted octanol–water partition coefficient (Wildman–Crippen LogP) is 2.34. The van der Waals surface area contributed by atoms with Crippen LogP contribution in [0.4, 0.5) is 0 Å². The molecule has 0 spiro atoms. The first-order chi connectivity index (χ1) is 13.0. The molecule has 6 heteroatoms. The quantitative estimate of drug-likeness (QED) is 0.845. The summed E-state index contributed by atoms with van der Waals surface area (Å²) in [7, 11) is 0. The van der Waals surface area contributed by atoms with Gasteiger partial charge in [0.15, 0.2) is 0 Å². The van der Waals surface area contributed by atoms with Gasteiger partial charge in [0.05, 0.1) is 0 Å². The molecule has 0 aliphatic carbocycles. The van der Waals surface area contributed by atoms with E-state index < -0.39 is 11.9 Å². The number of ether oxygens (including phenoxy) is 1. The van der Waals surface area contributed by atoms with Crippen LogP contribution in [0.3, 0.4) is 0 Å². The third-order valence-corrected chi connectivity index (χ3v) is 5.06. The molecule has 2 aliphatic rings. The van der Waals surface area contributed by atoms with E-state index in [1.54, 1.807) is 11.0 Å². The van der Waals surface area contributed by atoms with Crippen molar-refractivity contribution in [2.45, 2.75) is 39.0 Å². The normalized spacial score (nSPS) is 19.1. The minimum atomic E-state index is -0.600. The predicted molar refractivity (Wildman–Crippen MR) is 98.0 cm³/mol. The van der Waals surface area contributed by atoms with E-state index in [2.05, 4.69) is 5.32 Å². The van der Waals surface area contributed by atoms with Gasteiger partial charge in [-0.1, -0.05) is 30.3 Å². The molecule has 1 atom stereocenters. The van der Waals surface area contributed by atoms with Crippen LogP contribution < -0.4 is 10.1 Å². The molecule has 1 N–H and O–H groups in total. The number of aryl methyl sites for hydroxylation is 1. The number of carbonyl (C=O) groups excluding carboxylic acids is 3. The molecular formula is C21H20N2O4. The lowest BCUT2D eigenvalue weighted by Crippen LogP contribution is -2.52. The summed E-state index contributed by atoms with van der Waals surface area (Å²) in [5.74, 6) is -0.210. The average Bonchev–Trinajstić information content (AvgIpc) is 2.96. The minimum absolute atomic E-state index is 0.191. The van der Waals surface area contributed by atoms with Crippen LogP contribution in [0.15, 0.2) is 42.5 Å². The summed E-state index contributed by atoms with van der Waals surface area (Å²) >= 11 is 0. The van der Waals surface area contributed by atoms with E-state index in [9.17, 15) is 14.4 Å². The molecule has 1 fully saturated rings. The van der Waals surface area contributed by atoms with Gasteiger partial charge in [-0.15, -0.1) is 0 Å². The first kappa shape index (κ1) is 17.3. The van der Waals surface area contributed by atoms with Crippen molar-refractivity contribution in [1.29, 1.82) is 0 Å². The number of piperidine rings is 1. The summed E-state index contributed by atoms with van der Waals surface area (Å²) in [4.78, 5) is 37.9. The van der Waals surface area contributed by atoms with E-state index >= 15 is 0 Å². The topological polar surface area (TPSA) is 75.7 Å². The fraction of sp³-hybridized carbons (Fsp3) is 0.286. The van der Waals surface area contributed by atoms with Crippen LogP contribution in [-0.2, 0) is 22.7 Å². The van der Waals surface area contributed by atoms with Gasteiger partial charge in [-0.05, 0) is 42.2 Å². The molecule has 2 aromatic rings. The molecule has 138 valence electrons. The maximum Gasteiger partial charge on any atom is 0.255 e. The van der Waals surface area contributed by atoms with Crippen LogP contribution in [0.5, 0.6) is 5.75 Å². The summed E-state index contributed by atoms with van der Waals surface area (Å²) in [6.45, 7) is 2.74. The number of benzene rings is 2. The van der Waals surface area contributed by atoms with Gasteiger partial charge in [0.1, 0.15) is 18.4 Å². The zero-order valence-electron chi connectivity index (χ0n) is 15.0. The Morgan fingerprint density at radius 3 is 2.67 bits per heavy atom. The number of amides is 3. The lowest BCUT2D eigenvalue weighted by Gasteiger charge is -2.29. The highest BCUT2D eigenvalue weighted by Crippen LogP contribution is 2.32. The second kappa shape index (κ2) is 6.87. The number of imide groups is 1. The van der Waals surface area contributed by atoms with E-state index in [-0.39, 0.29) is 18.2 Å². The van der Waals surface area contributed by atoms with Gasteiger partial charge in [-0.25, -0.2) is 0 Å². The molecule has 6 nitrogen and oxygen atoms in total. The molecule has 0 radical (unpaired) electrons. The molecule has 0 saturated carbocycles. The first-order valence-corrected chi connectivity index (χ1v) is 8.98. The molecule has 3 amide bonds. The Kier molecular flexibility index (Phi) is 4.39. The van der Waals surface area contributed by atoms with Crippen LogP contribution in [0.2, 0.25) is 0 Å². The van der Waals surface area contributed by atoms with Gasteiger partial charge in [-0.2, -0.15) is 0 Å². The first-order valence-electron chi connectivity index (χ1n) is 8.98. The highest BCUT2D eigenvalue weighted by atomic mass is 16.5. The van der Waals surface area contributed by atoms with E-state index in [0.29, 0.717) is 30.9 Å². The second-order valence-electron chi connectivity index (χ2n) is 6.95. The van der Waals surface area contributed by atoms with E-state index in [0.717, 1.165) is 16.7 Å². The monoisotopic (exact) mass is 364 g/mol. The fourth-order valence-electron chi connectivity index (χ4n) is 3.61. The Morgan fingerprint density at radius 2 is 1.93 bits per heavy atom. The lowest BCUT2D eigenvalue weighted by molar-refractivity contribution is -0.136. The van der Waals surface area contributed by atoms with Gasteiger partial charge in [0, 0.05) is 18.5 Å². The summed E-state index contributed by atoms with van der Waals surface area (Å²) in [5.41, 5.74) is 3.44. The lowest BCUT2D eigenvalue weighted by atomic mass is 10.0. The van der Waals surface area contributed by atoms with Crippen molar-refractivity contribution in [3.63, 3.8) is 0 Å². The molecular weight excluding hydrogens is 344 g/mol. The highest BCUT2D eigenvalue weighted by Gasteiger charge is 2.39. The summed E-state index contributed by atoms with van der Waals surface area (Å²) in [6.07, 6.45) is 0.613. The van der Waals surface area contributed by atoms with Gasteiger partial charge in [-0.3, -0.25) is 19.7 Å². The molecule has 4 rings (SSSR count). The highest BCUT2D eigenvalue weighted by molar-refractivity contribution is 6.05. The summed E-state index contributed by atoms with van der Waals surface area (Å²) < 4.78 is 5.92. The van der Waals surface area contributed by atoms with Crippen molar-refractivity contribution in [3.8, 4) is 5.75 Å². The summed E-state index contributed by atoms with van der Waals surface area (Å²) in [6, 6.07) is 12.9. The maximum absolute atomic E-state index is 12.9. The molecule has 0 bridgehead atoms. The molecule has 27 heavy (non-hydrogen) atoms. The minimum Gasteiger partial charge on any atom is -0.489 e. The Balaban J connectivity index is 1.53. The third-order valence-electron chi connectivity index (χ3n) is 5.06. The Bertz CT molecular complexity index is 923. The van der Waals surface area contributed by atoms with Crippen LogP contribution in [0.25, 0.3) is 0 Å². The number of hydrogen-bond donors (Lipinski definition) is 1. The number of carbonyl (C=O) groups is 3. The van der Waals surface area contributed by atoms with Crippen molar-refractivity contribution < 1.29 is 19.1 Å². The standard InChI is InChI=1S/C21H20N2O4/c1-13-9-15-11-23(17-7-8-19(24)22-20(17)25)21(26)16(15)10-18(13)27-12-14-5-3-2-4-6-14/h2-6,9-10,17H,7-8,11-12H2,1H3,(H,22,24,25). The Labute approximate surface area is 157 Å². The number of nitrogens with one attached hydrogen (secondary N) is 1. The van der Waals surface area contributed by atoms with Crippen molar-refractivity contribution in [2.75, 3.05) is 0 Å². The fourth-order valence-corrected chi connectivity index (χ4v) is 3.61. The largest absolute Gasteiger partial charge is 0.489 e. The SMILES string of the molecule is Cc1cc2c(cc1OCc1ccccc1)C(=O)N(C1CCC(=O)NC1=O)C2. The number of hydrogen-bond acceptors (Lipinski definition) is 4. The van der Waals surface area contributed by atoms with Crippen LogP contribution in [0, 0.1) is 6.92 Å². The number of fused-ring (bicyclic) bond motifs is 1. The Morgan fingerprint density at radius 1 is 1.15 bits per heavy atom. The zero-order chi connectivity index (χ0) is 19.0. The average molecular weight is 364 g/mol. The Hall–Kier alpha value is -3.15. The van der Waals surface area contributed by atoms with Crippen LogP contribution in [0.1, 0.15) is 39.9 Å². The second-order valence-corrected chi connectivity index (χ2v) is 6.95. The maximum atomic E-state index is 12.9. The van der Waals surface area contributed by atoms with Gasteiger partial charge in [0.2, 0.25) is 11.8 Å². The molecule has 2 aromatic carbocycles. The molecule has 2 aliphatic heterocycles. The van der Waals surface area contributed by atoms with Gasteiger partial charge < -0.3 is 9.64 Å². The van der Waals surface area contributed by atoms with E-state index in [1.165, 1.54) is 0 Å². The number of nitrogens with zero attached hydrogens (tertiary/aromatic N) is 1. The van der Waals surface area contributed by atoms with Gasteiger partial charge >= 0.3 is 0 Å². The van der Waals surface area contributed by atoms with Gasteiger partial charge in [0.25, 0.3) is 5.91 Å². The molecule has 2 heterocycles. The van der Waals surface area contributed by atoms with Crippen molar-refractivity contribution >= 4 is 17.7 Å². The number of rotatable bonds is 4. The van der Waals surface area contributed by atoms with Crippen molar-refractivity contribution in [1.82, 2.24) is 10.2 Å².